The number of esters is 1. The van der Waals surface area contributed by atoms with Gasteiger partial charge in [0.2, 0.25) is 5.91 Å². The summed E-state index contributed by atoms with van der Waals surface area (Å²) in [5.74, 6) is -0.380. The van der Waals surface area contributed by atoms with Gasteiger partial charge < -0.3 is 14.8 Å². The fourth-order valence-electron chi connectivity index (χ4n) is 3.73. The normalized spacial score (nSPS) is 11.5. The first kappa shape index (κ1) is 26.0. The minimum absolute atomic E-state index is 0.231. The predicted octanol–water partition coefficient (Wildman–Crippen LogP) is 4.40. The second-order valence-electron chi connectivity index (χ2n) is 8.35. The van der Waals surface area contributed by atoms with Crippen LogP contribution in [-0.2, 0) is 27.3 Å². The van der Waals surface area contributed by atoms with Gasteiger partial charge in [0.15, 0.2) is 6.61 Å². The molecule has 2 aromatic carbocycles. The topological polar surface area (TPSA) is 102 Å². The van der Waals surface area contributed by atoms with Crippen molar-refractivity contribution in [2.24, 2.45) is 0 Å². The van der Waals surface area contributed by atoms with Crippen molar-refractivity contribution in [2.75, 3.05) is 19.0 Å². The van der Waals surface area contributed by atoms with E-state index in [1.54, 1.807) is 17.8 Å². The molecule has 1 atom stereocenters. The number of benzene rings is 2. The average Bonchev–Trinajstić information content (AvgIpc) is 3.44. The van der Waals surface area contributed by atoms with Gasteiger partial charge in [0, 0.05) is 23.8 Å². The van der Waals surface area contributed by atoms with E-state index in [1.165, 1.54) is 18.4 Å². The number of rotatable bonds is 11. The summed E-state index contributed by atoms with van der Waals surface area (Å²) in [6.45, 7) is 2.10. The van der Waals surface area contributed by atoms with Crippen LogP contribution in [0.15, 0.2) is 77.8 Å². The van der Waals surface area contributed by atoms with E-state index in [9.17, 15) is 9.59 Å². The van der Waals surface area contributed by atoms with Gasteiger partial charge in [0.1, 0.15) is 5.75 Å². The van der Waals surface area contributed by atoms with Crippen molar-refractivity contribution in [1.29, 1.82) is 0 Å². The molecular weight excluding hydrogens is 488 g/mol. The number of hydrogen-bond acceptors (Lipinski definition) is 8. The fourth-order valence-corrected chi connectivity index (χ4v) is 4.29. The smallest absolute Gasteiger partial charge is 0.343 e. The number of hydrogen-bond donors (Lipinski definition) is 2. The number of anilines is 1. The molecule has 9 heteroatoms. The van der Waals surface area contributed by atoms with E-state index < -0.39 is 12.0 Å². The van der Waals surface area contributed by atoms with Crippen LogP contribution in [0.5, 0.6) is 5.75 Å². The number of pyridine rings is 1. The molecule has 0 aliphatic carbocycles. The van der Waals surface area contributed by atoms with Crippen molar-refractivity contribution < 1.29 is 19.1 Å². The number of thiazole rings is 1. The van der Waals surface area contributed by atoms with Gasteiger partial charge in [-0.3, -0.25) is 15.1 Å². The van der Waals surface area contributed by atoms with E-state index in [0.717, 1.165) is 28.1 Å². The molecule has 1 amide bonds. The Hall–Kier alpha value is -4.08. The van der Waals surface area contributed by atoms with Crippen LogP contribution in [-0.4, -0.2) is 41.6 Å². The Balaban J connectivity index is 1.60. The summed E-state index contributed by atoms with van der Waals surface area (Å²) in [5.41, 5.74) is 6.81. The molecule has 0 saturated carbocycles. The van der Waals surface area contributed by atoms with Crippen LogP contribution in [0.25, 0.3) is 11.1 Å². The average molecular weight is 517 g/mol. The van der Waals surface area contributed by atoms with Gasteiger partial charge in [-0.05, 0) is 54.3 Å². The van der Waals surface area contributed by atoms with Crippen LogP contribution in [0, 0.1) is 6.92 Å². The first-order valence-corrected chi connectivity index (χ1v) is 12.7. The van der Waals surface area contributed by atoms with E-state index in [2.05, 4.69) is 20.6 Å². The Bertz CT molecular complexity index is 1330. The largest absolute Gasteiger partial charge is 0.480 e. The lowest BCUT2D eigenvalue weighted by molar-refractivity contribution is -0.142. The molecule has 0 aliphatic heterocycles. The lowest BCUT2D eigenvalue weighted by Crippen LogP contribution is -2.42. The van der Waals surface area contributed by atoms with Crippen LogP contribution < -0.4 is 15.4 Å². The van der Waals surface area contributed by atoms with Gasteiger partial charge in [-0.25, -0.2) is 9.78 Å². The highest BCUT2D eigenvalue weighted by atomic mass is 32.1. The van der Waals surface area contributed by atoms with Crippen LogP contribution >= 0.6 is 11.3 Å². The van der Waals surface area contributed by atoms with Gasteiger partial charge in [-0.1, -0.05) is 36.4 Å². The molecule has 4 rings (SSSR count). The van der Waals surface area contributed by atoms with E-state index in [-0.39, 0.29) is 12.5 Å². The second kappa shape index (κ2) is 12.8. The van der Waals surface area contributed by atoms with Crippen molar-refractivity contribution in [3.63, 3.8) is 0 Å². The number of carbonyl (C=O) groups excluding carboxylic acids is 2. The molecular formula is C28H28N4O4S. The third-order valence-corrected chi connectivity index (χ3v) is 6.29. The first-order valence-electron chi connectivity index (χ1n) is 11.7. The number of amides is 1. The number of aryl methyl sites for hydroxylation is 1. The number of nitrogens with one attached hydrogen (secondary N) is 2. The molecule has 0 radical (unpaired) electrons. The summed E-state index contributed by atoms with van der Waals surface area (Å²) in [6.07, 6.45) is 2.22. The lowest BCUT2D eigenvalue weighted by Gasteiger charge is -2.20. The number of ether oxygens (including phenoxy) is 2. The fraction of sp³-hybridized carbons (Fsp3) is 0.214. The van der Waals surface area contributed by atoms with Crippen molar-refractivity contribution in [3.05, 3.63) is 94.7 Å². The van der Waals surface area contributed by atoms with E-state index in [1.807, 2.05) is 66.9 Å². The Morgan fingerprint density at radius 3 is 2.57 bits per heavy atom. The molecule has 0 spiro atoms. The second-order valence-corrected chi connectivity index (χ2v) is 9.07. The van der Waals surface area contributed by atoms with Crippen molar-refractivity contribution >= 4 is 28.9 Å². The highest BCUT2D eigenvalue weighted by Crippen LogP contribution is 2.31. The molecule has 190 valence electrons. The zero-order chi connectivity index (χ0) is 26.0. The number of carbonyl (C=O) groups is 2. The number of nitrogens with zero attached hydrogens (tertiary/aromatic N) is 2. The lowest BCUT2D eigenvalue weighted by atomic mass is 10.0. The van der Waals surface area contributed by atoms with Crippen LogP contribution in [0.4, 0.5) is 5.69 Å². The van der Waals surface area contributed by atoms with Crippen LogP contribution in [0.2, 0.25) is 0 Å². The summed E-state index contributed by atoms with van der Waals surface area (Å²) >= 11 is 1.51. The minimum Gasteiger partial charge on any atom is -0.480 e. The molecule has 0 unspecified atom stereocenters. The molecule has 0 bridgehead atoms. The molecule has 2 N–H and O–H groups in total. The highest BCUT2D eigenvalue weighted by Gasteiger charge is 2.21. The summed E-state index contributed by atoms with van der Waals surface area (Å²) in [6, 6.07) is 18.6. The molecule has 8 nitrogen and oxygen atoms in total. The van der Waals surface area contributed by atoms with Crippen LogP contribution in [0.3, 0.4) is 0 Å². The highest BCUT2D eigenvalue weighted by molar-refractivity contribution is 7.07. The monoisotopic (exact) mass is 516 g/mol. The van der Waals surface area contributed by atoms with Gasteiger partial charge in [-0.2, -0.15) is 0 Å². The molecule has 2 aromatic heterocycles. The molecule has 2 heterocycles. The van der Waals surface area contributed by atoms with Gasteiger partial charge in [-0.15, -0.1) is 11.3 Å². The zero-order valence-electron chi connectivity index (χ0n) is 20.6. The van der Waals surface area contributed by atoms with Crippen LogP contribution in [0.1, 0.15) is 17.0 Å². The maximum absolute atomic E-state index is 13.6. The minimum atomic E-state index is -0.538. The first-order chi connectivity index (χ1) is 18.0. The molecule has 4 aromatic rings. The Kier molecular flexibility index (Phi) is 8.96. The standard InChI is InChI=1S/C28H28N4O4S/c1-19-12-22(10-11-29-19)21-8-9-26(36-16-27(33)35-2)24(14-21)32-28(34)25(13-20-6-4-3-5-7-20)30-15-23-17-37-18-31-23/h3-12,14,17-18,25,30H,13,15-16H2,1-2H3,(H,32,34)/t25-/m0/s1. The Labute approximate surface area is 219 Å². The quantitative estimate of drug-likeness (QED) is 0.285. The zero-order valence-corrected chi connectivity index (χ0v) is 21.5. The summed E-state index contributed by atoms with van der Waals surface area (Å²) < 4.78 is 10.4. The number of aromatic nitrogens is 2. The molecule has 0 saturated heterocycles. The summed E-state index contributed by atoms with van der Waals surface area (Å²) in [5, 5.41) is 8.30. The molecule has 37 heavy (non-hydrogen) atoms. The third kappa shape index (κ3) is 7.45. The van der Waals surface area contributed by atoms with Crippen molar-refractivity contribution in [3.8, 4) is 16.9 Å². The maximum Gasteiger partial charge on any atom is 0.343 e. The summed E-state index contributed by atoms with van der Waals surface area (Å²) in [4.78, 5) is 33.8. The Morgan fingerprint density at radius 1 is 1.03 bits per heavy atom. The molecule has 0 aliphatic rings. The molecule has 0 fully saturated rings. The third-order valence-electron chi connectivity index (χ3n) is 5.65. The van der Waals surface area contributed by atoms with Crippen molar-refractivity contribution in [2.45, 2.75) is 25.9 Å². The van der Waals surface area contributed by atoms with Gasteiger partial charge >= 0.3 is 5.97 Å². The van der Waals surface area contributed by atoms with Gasteiger partial charge in [0.05, 0.1) is 30.0 Å². The van der Waals surface area contributed by atoms with E-state index in [0.29, 0.717) is 24.4 Å². The summed E-state index contributed by atoms with van der Waals surface area (Å²) in [7, 11) is 1.30. The maximum atomic E-state index is 13.6. The SMILES string of the molecule is COC(=O)COc1ccc(-c2ccnc(C)c2)cc1NC(=O)[C@H](Cc1ccccc1)NCc1cscn1. The van der Waals surface area contributed by atoms with Crippen molar-refractivity contribution in [1.82, 2.24) is 15.3 Å². The van der Waals surface area contributed by atoms with Gasteiger partial charge in [0.25, 0.3) is 0 Å². The predicted molar refractivity (Wildman–Crippen MR) is 143 cm³/mol. The van der Waals surface area contributed by atoms with E-state index in [4.69, 9.17) is 9.47 Å². The van der Waals surface area contributed by atoms with E-state index >= 15 is 0 Å². The number of methoxy groups -OCH3 is 1. The Morgan fingerprint density at radius 2 is 1.84 bits per heavy atom.